The predicted molar refractivity (Wildman–Crippen MR) is 90.8 cm³/mol. The predicted octanol–water partition coefficient (Wildman–Crippen LogP) is -0.796. The fourth-order valence-corrected chi connectivity index (χ4v) is 2.86. The zero-order valence-electron chi connectivity index (χ0n) is 13.9. The molecule has 4 N–H and O–H groups in total. The Morgan fingerprint density at radius 1 is 1.33 bits per heavy atom. The number of amides is 2. The maximum absolute atomic E-state index is 12.4. The number of hydrogen-bond acceptors (Lipinski definition) is 5. The Morgan fingerprint density at radius 2 is 2.08 bits per heavy atom. The molecule has 7 nitrogen and oxygen atoms in total. The van der Waals surface area contributed by atoms with Gasteiger partial charge in [0.1, 0.15) is 6.04 Å². The van der Waals surface area contributed by atoms with Gasteiger partial charge in [-0.15, -0.1) is 0 Å². The van der Waals surface area contributed by atoms with Gasteiger partial charge in [-0.2, -0.15) is 0 Å². The highest BCUT2D eigenvalue weighted by molar-refractivity contribution is 6.41. The summed E-state index contributed by atoms with van der Waals surface area (Å²) >= 11 is 0. The Kier molecular flexibility index (Phi) is 6.78. The van der Waals surface area contributed by atoms with Crippen molar-refractivity contribution in [3.63, 3.8) is 0 Å². The maximum atomic E-state index is 12.4. The van der Waals surface area contributed by atoms with Crippen LogP contribution in [0.1, 0.15) is 24.0 Å². The van der Waals surface area contributed by atoms with E-state index in [0.29, 0.717) is 19.5 Å². The van der Waals surface area contributed by atoms with Crippen LogP contribution in [0.15, 0.2) is 24.3 Å². The first kappa shape index (κ1) is 18.4. The molecule has 0 bridgehead atoms. The topological polar surface area (TPSA) is 102 Å². The molecule has 1 heterocycles. The Bertz CT molecular complexity index is 582. The minimum absolute atomic E-state index is 0.120. The normalized spacial score (nSPS) is 17.0. The highest BCUT2D eigenvalue weighted by Gasteiger charge is 2.33. The summed E-state index contributed by atoms with van der Waals surface area (Å²) in [4.78, 5) is 26.0. The second-order valence-electron chi connectivity index (χ2n) is 6.00. The van der Waals surface area contributed by atoms with Crippen LogP contribution in [0.3, 0.4) is 0 Å². The van der Waals surface area contributed by atoms with E-state index in [2.05, 4.69) is 10.6 Å². The molecule has 0 aliphatic carbocycles. The highest BCUT2D eigenvalue weighted by Crippen LogP contribution is 2.17. The van der Waals surface area contributed by atoms with Crippen LogP contribution in [-0.4, -0.2) is 59.5 Å². The standard InChI is InChI=1S/C16H24BN3O4/c1-12-5-2-3-6-13(12)9-18-10-15(21)20-8-4-7-14(20)16(22)19-11-17(23)24/h2-3,5-6,14,18,23-24H,4,7-11H2,1H3,(H,19,22). The van der Waals surface area contributed by atoms with Crippen LogP contribution in [0.5, 0.6) is 0 Å². The zero-order valence-corrected chi connectivity index (χ0v) is 13.9. The molecular weight excluding hydrogens is 309 g/mol. The molecule has 1 aromatic rings. The Labute approximate surface area is 142 Å². The summed E-state index contributed by atoms with van der Waals surface area (Å²) in [5.74, 6) is -0.460. The number of rotatable bonds is 7. The lowest BCUT2D eigenvalue weighted by atomic mass is 9.92. The van der Waals surface area contributed by atoms with Gasteiger partial charge in [0, 0.05) is 13.1 Å². The monoisotopic (exact) mass is 333 g/mol. The lowest BCUT2D eigenvalue weighted by molar-refractivity contribution is -0.137. The van der Waals surface area contributed by atoms with E-state index in [1.54, 1.807) is 4.90 Å². The zero-order chi connectivity index (χ0) is 17.5. The average molecular weight is 333 g/mol. The minimum atomic E-state index is -1.59. The van der Waals surface area contributed by atoms with Crippen molar-refractivity contribution >= 4 is 18.9 Å². The average Bonchev–Trinajstić information content (AvgIpc) is 3.04. The van der Waals surface area contributed by atoms with Crippen LogP contribution < -0.4 is 10.6 Å². The molecule has 1 aliphatic rings. The lowest BCUT2D eigenvalue weighted by Gasteiger charge is -2.24. The van der Waals surface area contributed by atoms with Crippen LogP contribution in [0.2, 0.25) is 0 Å². The van der Waals surface area contributed by atoms with Gasteiger partial charge in [-0.05, 0) is 30.9 Å². The van der Waals surface area contributed by atoms with E-state index in [-0.39, 0.29) is 24.8 Å². The van der Waals surface area contributed by atoms with E-state index in [0.717, 1.165) is 12.0 Å². The third-order valence-corrected chi connectivity index (χ3v) is 4.19. The number of likely N-dealkylation sites (tertiary alicyclic amines) is 1. The van der Waals surface area contributed by atoms with E-state index in [1.165, 1.54) is 5.56 Å². The third kappa shape index (κ3) is 5.05. The quantitative estimate of drug-likeness (QED) is 0.490. The van der Waals surface area contributed by atoms with Gasteiger partial charge in [0.15, 0.2) is 0 Å². The first-order valence-corrected chi connectivity index (χ1v) is 8.17. The van der Waals surface area contributed by atoms with Crippen molar-refractivity contribution in [2.45, 2.75) is 32.4 Å². The van der Waals surface area contributed by atoms with Crippen LogP contribution in [0.25, 0.3) is 0 Å². The van der Waals surface area contributed by atoms with E-state index in [1.807, 2.05) is 31.2 Å². The lowest BCUT2D eigenvalue weighted by Crippen LogP contribution is -2.50. The molecule has 0 radical (unpaired) electrons. The molecule has 1 fully saturated rings. The summed E-state index contributed by atoms with van der Waals surface area (Å²) < 4.78 is 0. The van der Waals surface area contributed by atoms with Crippen LogP contribution in [0, 0.1) is 6.92 Å². The summed E-state index contributed by atoms with van der Waals surface area (Å²) in [6, 6.07) is 7.44. The number of nitrogens with one attached hydrogen (secondary N) is 2. The largest absolute Gasteiger partial charge is 0.472 e. The van der Waals surface area contributed by atoms with E-state index in [9.17, 15) is 9.59 Å². The van der Waals surface area contributed by atoms with Gasteiger partial charge in [-0.25, -0.2) is 0 Å². The van der Waals surface area contributed by atoms with Crippen molar-refractivity contribution in [1.29, 1.82) is 0 Å². The second kappa shape index (κ2) is 8.82. The fourth-order valence-electron chi connectivity index (χ4n) is 2.86. The van der Waals surface area contributed by atoms with Crippen LogP contribution in [0.4, 0.5) is 0 Å². The summed E-state index contributed by atoms with van der Waals surface area (Å²) in [5.41, 5.74) is 2.30. The summed E-state index contributed by atoms with van der Waals surface area (Å²) in [7, 11) is -1.59. The molecule has 0 aromatic heterocycles. The number of hydrogen-bond donors (Lipinski definition) is 4. The number of carbonyl (C=O) groups is 2. The van der Waals surface area contributed by atoms with Crippen molar-refractivity contribution in [1.82, 2.24) is 15.5 Å². The van der Waals surface area contributed by atoms with Gasteiger partial charge in [0.2, 0.25) is 11.8 Å². The molecule has 0 spiro atoms. The van der Waals surface area contributed by atoms with Crippen molar-refractivity contribution < 1.29 is 19.6 Å². The second-order valence-corrected chi connectivity index (χ2v) is 6.00. The van der Waals surface area contributed by atoms with Crippen molar-refractivity contribution in [3.8, 4) is 0 Å². The third-order valence-electron chi connectivity index (χ3n) is 4.19. The smallest absolute Gasteiger partial charge is 0.426 e. The maximum Gasteiger partial charge on any atom is 0.472 e. The van der Waals surface area contributed by atoms with Gasteiger partial charge >= 0.3 is 7.12 Å². The van der Waals surface area contributed by atoms with Gasteiger partial charge in [-0.3, -0.25) is 9.59 Å². The molecule has 1 atom stereocenters. The first-order chi connectivity index (χ1) is 11.5. The van der Waals surface area contributed by atoms with E-state index >= 15 is 0 Å². The van der Waals surface area contributed by atoms with Gasteiger partial charge < -0.3 is 25.6 Å². The fraction of sp³-hybridized carbons (Fsp3) is 0.500. The van der Waals surface area contributed by atoms with E-state index < -0.39 is 13.2 Å². The number of nitrogens with zero attached hydrogens (tertiary/aromatic N) is 1. The molecule has 2 rings (SSSR count). The molecule has 1 aromatic carbocycles. The molecule has 2 amide bonds. The molecule has 130 valence electrons. The Balaban J connectivity index is 1.82. The Morgan fingerprint density at radius 3 is 2.79 bits per heavy atom. The molecule has 24 heavy (non-hydrogen) atoms. The Hall–Kier alpha value is -1.90. The van der Waals surface area contributed by atoms with Crippen LogP contribution >= 0.6 is 0 Å². The first-order valence-electron chi connectivity index (χ1n) is 8.17. The molecular formula is C16H24BN3O4. The number of carbonyl (C=O) groups excluding carboxylic acids is 2. The molecule has 8 heteroatoms. The SMILES string of the molecule is Cc1ccccc1CNCC(=O)N1CCCC1C(=O)NCB(O)O. The minimum Gasteiger partial charge on any atom is -0.426 e. The van der Waals surface area contributed by atoms with Gasteiger partial charge in [0.05, 0.1) is 13.0 Å². The van der Waals surface area contributed by atoms with Gasteiger partial charge in [-0.1, -0.05) is 24.3 Å². The highest BCUT2D eigenvalue weighted by atomic mass is 16.4. The van der Waals surface area contributed by atoms with Gasteiger partial charge in [0.25, 0.3) is 0 Å². The number of aryl methyl sites for hydroxylation is 1. The molecule has 1 aliphatic heterocycles. The summed E-state index contributed by atoms with van der Waals surface area (Å²) in [6.45, 7) is 3.33. The molecule has 0 saturated carbocycles. The van der Waals surface area contributed by atoms with Crippen LogP contribution in [-0.2, 0) is 16.1 Å². The van der Waals surface area contributed by atoms with Crippen molar-refractivity contribution in [3.05, 3.63) is 35.4 Å². The van der Waals surface area contributed by atoms with Crippen molar-refractivity contribution in [2.24, 2.45) is 0 Å². The number of benzene rings is 1. The molecule has 1 saturated heterocycles. The van der Waals surface area contributed by atoms with E-state index in [4.69, 9.17) is 10.0 Å². The summed E-state index contributed by atoms with van der Waals surface area (Å²) in [6.07, 6.45) is 1.13. The molecule has 1 unspecified atom stereocenters. The summed E-state index contributed by atoms with van der Waals surface area (Å²) in [5, 5.41) is 23.2. The van der Waals surface area contributed by atoms with Crippen molar-refractivity contribution in [2.75, 3.05) is 19.5 Å².